The number of hydrogen-bond acceptors (Lipinski definition) is 13. The molecular weight excluding hydrogens is 903 g/mol. The van der Waals surface area contributed by atoms with E-state index in [1.807, 2.05) is 0 Å². The molecule has 2 unspecified atom stereocenters. The number of piperazine rings is 1. The fourth-order valence-corrected chi connectivity index (χ4v) is 10.1. The van der Waals surface area contributed by atoms with Gasteiger partial charge in [-0.25, -0.2) is 13.8 Å². The number of aromatic nitrogens is 2. The summed E-state index contributed by atoms with van der Waals surface area (Å²) in [5, 5.41) is 11.5. The van der Waals surface area contributed by atoms with Crippen molar-refractivity contribution in [2.45, 2.75) is 57.5 Å². The number of nitrogens with zero attached hydrogens (tertiary/aromatic N) is 6. The largest absolute Gasteiger partial charge is 0.457 e. The van der Waals surface area contributed by atoms with Gasteiger partial charge in [-0.3, -0.25) is 53.8 Å². The van der Waals surface area contributed by atoms with Crippen LogP contribution in [-0.2, 0) is 19.2 Å². The van der Waals surface area contributed by atoms with Gasteiger partial charge in [0.05, 0.1) is 22.3 Å². The zero-order valence-electron chi connectivity index (χ0n) is 38.5. The van der Waals surface area contributed by atoms with Crippen molar-refractivity contribution in [3.05, 3.63) is 108 Å². The average Bonchev–Trinajstić information content (AvgIpc) is 4.14. The minimum Gasteiger partial charge on any atom is -0.457 e. The molecule has 6 heterocycles. The summed E-state index contributed by atoms with van der Waals surface area (Å²) in [6.45, 7) is 8.41. The van der Waals surface area contributed by atoms with Crippen molar-refractivity contribution in [1.29, 1.82) is 0 Å². The maximum atomic E-state index is 16.0. The van der Waals surface area contributed by atoms with E-state index in [1.54, 1.807) is 42.6 Å². The quantitative estimate of drug-likeness (QED) is 0.0771. The van der Waals surface area contributed by atoms with E-state index in [0.29, 0.717) is 96.3 Å². The van der Waals surface area contributed by atoms with Crippen LogP contribution in [0.3, 0.4) is 0 Å². The molecule has 4 N–H and O–H groups in total. The van der Waals surface area contributed by atoms with Gasteiger partial charge in [0.2, 0.25) is 23.6 Å². The minimum absolute atomic E-state index is 0.0494. The molecule has 362 valence electrons. The number of fused-ring (bicyclic) bond motifs is 2. The van der Waals surface area contributed by atoms with Gasteiger partial charge in [0, 0.05) is 94.0 Å². The first-order chi connectivity index (χ1) is 33.8. The van der Waals surface area contributed by atoms with Crippen LogP contribution in [0.4, 0.5) is 31.7 Å². The third kappa shape index (κ3) is 9.25. The third-order valence-electron chi connectivity index (χ3n) is 14.5. The smallest absolute Gasteiger partial charge is 0.266 e. The minimum atomic E-state index is -1.20. The number of piperidine rings is 2. The summed E-state index contributed by atoms with van der Waals surface area (Å²) in [5.41, 5.74) is 1.12. The second kappa shape index (κ2) is 19.2. The highest BCUT2D eigenvalue weighted by Gasteiger charge is 2.56. The maximum Gasteiger partial charge on any atom is 0.266 e. The van der Waals surface area contributed by atoms with E-state index in [4.69, 9.17) is 4.74 Å². The van der Waals surface area contributed by atoms with Crippen LogP contribution in [0.25, 0.3) is 10.9 Å². The van der Waals surface area contributed by atoms with Gasteiger partial charge in [-0.05, 0) is 118 Å². The first-order valence-corrected chi connectivity index (χ1v) is 23.8. The molecule has 5 aliphatic rings. The Morgan fingerprint density at radius 1 is 0.814 bits per heavy atom. The first kappa shape index (κ1) is 46.4. The topological polar surface area (TPSA) is 199 Å². The molecule has 4 aliphatic heterocycles. The standard InChI is InChI=1S/C51H52F2N10O7/c1-30(61-26-24-60(25-27-61)23-20-56-45-44-36(12-18-55-45)47(66)63(48(44)67)40-10-11-43(64)59-46(40)65)31-14-21-62(22-15-31)41-29-39-37(28-38(41)53)42(13-19-54-39)70-35-8-6-34(7-9-35)58-50(69)51(16-17-51)49(68)57-33-4-2-32(52)3-5-33/h2-9,12-13,18-19,28-31,40H,10-11,14-17,20-27H2,1H3,(H,55,56)(H,57,68)(H,58,69)(H,59,64,65). The molecular formula is C51H52F2N10O7. The number of rotatable bonds is 14. The van der Waals surface area contributed by atoms with E-state index in [0.717, 1.165) is 43.9 Å². The van der Waals surface area contributed by atoms with Gasteiger partial charge in [0.25, 0.3) is 11.8 Å². The monoisotopic (exact) mass is 954 g/mol. The summed E-state index contributed by atoms with van der Waals surface area (Å²) in [5.74, 6) is -2.27. The van der Waals surface area contributed by atoms with E-state index < -0.39 is 52.7 Å². The first-order valence-electron chi connectivity index (χ1n) is 23.8. The molecule has 10 rings (SSSR count). The maximum absolute atomic E-state index is 16.0. The molecule has 1 aliphatic carbocycles. The molecule has 1 saturated carbocycles. The summed E-state index contributed by atoms with van der Waals surface area (Å²) in [4.78, 5) is 93.8. The number of anilines is 4. The van der Waals surface area contributed by atoms with Gasteiger partial charge in [0.15, 0.2) is 0 Å². The van der Waals surface area contributed by atoms with Crippen molar-refractivity contribution in [1.82, 2.24) is 30.0 Å². The van der Waals surface area contributed by atoms with Crippen LogP contribution in [0, 0.1) is 23.0 Å². The average molecular weight is 955 g/mol. The Labute approximate surface area is 401 Å². The van der Waals surface area contributed by atoms with Crippen molar-refractivity contribution in [2.75, 3.05) is 73.2 Å². The predicted molar refractivity (Wildman–Crippen MR) is 255 cm³/mol. The SMILES string of the molecule is CC(C1CCN(c2cc3nccc(Oc4ccc(NC(=O)C5(C(=O)Nc6ccc(F)cc6)CC5)cc4)c3cc2F)CC1)N1CCN(CCNc2nccc3c2C(=O)N(C2CCC(=O)NC2=O)C3=O)CC1. The highest BCUT2D eigenvalue weighted by atomic mass is 19.1. The molecule has 19 heteroatoms. The number of carbonyl (C=O) groups is 6. The van der Waals surface area contributed by atoms with Crippen molar-refractivity contribution in [3.63, 3.8) is 0 Å². The number of pyridine rings is 2. The number of hydrogen-bond donors (Lipinski definition) is 4. The Morgan fingerprint density at radius 3 is 2.16 bits per heavy atom. The summed E-state index contributed by atoms with van der Waals surface area (Å²) in [6, 6.07) is 17.8. The Balaban J connectivity index is 0.682. The summed E-state index contributed by atoms with van der Waals surface area (Å²) >= 11 is 0. The number of amides is 6. The van der Waals surface area contributed by atoms with Crippen molar-refractivity contribution in [2.24, 2.45) is 11.3 Å². The number of benzene rings is 3. The van der Waals surface area contributed by atoms with Crippen LogP contribution in [-0.4, -0.2) is 125 Å². The highest BCUT2D eigenvalue weighted by Crippen LogP contribution is 2.48. The van der Waals surface area contributed by atoms with E-state index in [-0.39, 0.29) is 29.8 Å². The van der Waals surface area contributed by atoms with E-state index >= 15 is 4.39 Å². The predicted octanol–water partition coefficient (Wildman–Crippen LogP) is 5.79. The molecule has 2 atom stereocenters. The molecule has 4 fully saturated rings. The molecule has 5 aromatic rings. The fourth-order valence-electron chi connectivity index (χ4n) is 10.1. The summed E-state index contributed by atoms with van der Waals surface area (Å²) < 4.78 is 35.5. The van der Waals surface area contributed by atoms with Crippen LogP contribution in [0.5, 0.6) is 11.5 Å². The molecule has 3 saturated heterocycles. The van der Waals surface area contributed by atoms with Gasteiger partial charge in [-0.1, -0.05) is 0 Å². The van der Waals surface area contributed by atoms with Gasteiger partial charge >= 0.3 is 0 Å². The van der Waals surface area contributed by atoms with E-state index in [1.165, 1.54) is 42.6 Å². The lowest BCUT2D eigenvalue weighted by Gasteiger charge is -2.43. The Bertz CT molecular complexity index is 2880. The number of ether oxygens (including phenoxy) is 1. The molecule has 17 nitrogen and oxygen atoms in total. The Morgan fingerprint density at radius 2 is 1.49 bits per heavy atom. The second-order valence-electron chi connectivity index (χ2n) is 18.7. The lowest BCUT2D eigenvalue weighted by atomic mass is 9.88. The van der Waals surface area contributed by atoms with Crippen LogP contribution < -0.4 is 30.9 Å². The van der Waals surface area contributed by atoms with Gasteiger partial charge in [0.1, 0.15) is 40.4 Å². The zero-order valence-corrected chi connectivity index (χ0v) is 38.5. The van der Waals surface area contributed by atoms with Crippen LogP contribution >= 0.6 is 0 Å². The third-order valence-corrected chi connectivity index (χ3v) is 14.5. The number of carbonyl (C=O) groups excluding carboxylic acids is 6. The number of halogens is 2. The Hall–Kier alpha value is -7.38. The zero-order chi connectivity index (χ0) is 48.7. The molecule has 0 bridgehead atoms. The van der Waals surface area contributed by atoms with Gasteiger partial charge < -0.3 is 25.6 Å². The van der Waals surface area contributed by atoms with E-state index in [9.17, 15) is 33.2 Å². The van der Waals surface area contributed by atoms with Crippen LogP contribution in [0.1, 0.15) is 66.2 Å². The highest BCUT2D eigenvalue weighted by molar-refractivity contribution is 6.25. The van der Waals surface area contributed by atoms with Gasteiger partial charge in [-0.2, -0.15) is 0 Å². The fraction of sp³-hybridized carbons (Fsp3) is 0.373. The van der Waals surface area contributed by atoms with Gasteiger partial charge in [-0.15, -0.1) is 0 Å². The van der Waals surface area contributed by atoms with Crippen molar-refractivity contribution in [3.8, 4) is 11.5 Å². The van der Waals surface area contributed by atoms with E-state index in [2.05, 4.69) is 52.9 Å². The van der Waals surface area contributed by atoms with Crippen LogP contribution in [0.2, 0.25) is 0 Å². The van der Waals surface area contributed by atoms with Crippen molar-refractivity contribution < 1.29 is 42.3 Å². The molecule has 3 aromatic carbocycles. The second-order valence-corrected chi connectivity index (χ2v) is 18.7. The molecule has 6 amide bonds. The molecule has 0 radical (unpaired) electrons. The van der Waals surface area contributed by atoms with Crippen molar-refractivity contribution >= 4 is 69.2 Å². The Kier molecular flexibility index (Phi) is 12.7. The lowest BCUT2D eigenvalue weighted by molar-refractivity contribution is -0.136. The summed E-state index contributed by atoms with van der Waals surface area (Å²) in [7, 11) is 0. The molecule has 70 heavy (non-hydrogen) atoms. The lowest BCUT2D eigenvalue weighted by Crippen LogP contribution is -2.54. The molecule has 2 aromatic heterocycles. The normalized spacial score (nSPS) is 20.0. The molecule has 0 spiro atoms. The number of nitrogens with one attached hydrogen (secondary N) is 4. The van der Waals surface area contributed by atoms with Crippen LogP contribution in [0.15, 0.2) is 85.2 Å². The summed E-state index contributed by atoms with van der Waals surface area (Å²) in [6.07, 6.45) is 5.85. The number of imide groups is 2.